The van der Waals surface area contributed by atoms with Crippen molar-refractivity contribution in [1.82, 2.24) is 0 Å². The van der Waals surface area contributed by atoms with Crippen LogP contribution in [0.5, 0.6) is 0 Å². The first-order valence-corrected chi connectivity index (χ1v) is 11.1. The van der Waals surface area contributed by atoms with E-state index >= 15 is 0 Å². The summed E-state index contributed by atoms with van der Waals surface area (Å²) in [7, 11) is 0. The lowest BCUT2D eigenvalue weighted by atomic mass is 10.0. The van der Waals surface area contributed by atoms with Crippen LogP contribution in [-0.4, -0.2) is 17.6 Å². The Bertz CT molecular complexity index is 176. The molecule has 2 heteroatoms. The molecule has 0 aliphatic rings. The summed E-state index contributed by atoms with van der Waals surface area (Å²) in [6, 6.07) is 0. The minimum atomic E-state index is 0.370. The largest absolute Gasteiger partial charge is 0.396 e. The zero-order valence-electron chi connectivity index (χ0n) is 15.7. The Morgan fingerprint density at radius 3 is 0.783 bits per heavy atom. The molecule has 1 N–H and O–H groups in total. The van der Waals surface area contributed by atoms with Gasteiger partial charge in [-0.05, 0) is 12.8 Å². The average molecular weight is 347 g/mol. The molecule has 0 aromatic rings. The Morgan fingerprint density at radius 1 is 0.348 bits per heavy atom. The SMILES string of the molecule is OCCCCCCCCCCCCCCCCCCCCCCl. The van der Waals surface area contributed by atoms with Crippen LogP contribution in [0.15, 0.2) is 0 Å². The second-order valence-corrected chi connectivity index (χ2v) is 7.51. The maximum atomic E-state index is 8.71. The number of alkyl halides is 1. The predicted octanol–water partition coefficient (Wildman–Crippen LogP) is 7.63. The first-order valence-electron chi connectivity index (χ1n) is 10.6. The van der Waals surface area contributed by atoms with Gasteiger partial charge in [0.25, 0.3) is 0 Å². The Morgan fingerprint density at radius 2 is 0.565 bits per heavy atom. The zero-order chi connectivity index (χ0) is 16.8. The van der Waals surface area contributed by atoms with Crippen molar-refractivity contribution in [1.29, 1.82) is 0 Å². The maximum Gasteiger partial charge on any atom is 0.0431 e. The first-order chi connectivity index (χ1) is 11.4. The van der Waals surface area contributed by atoms with Gasteiger partial charge in [-0.25, -0.2) is 0 Å². The van der Waals surface area contributed by atoms with Gasteiger partial charge in [0.1, 0.15) is 0 Å². The molecule has 0 rings (SSSR count). The molecule has 0 fully saturated rings. The van der Waals surface area contributed by atoms with Crippen LogP contribution in [0.3, 0.4) is 0 Å². The molecule has 0 aliphatic carbocycles. The van der Waals surface area contributed by atoms with E-state index in [4.69, 9.17) is 16.7 Å². The summed E-state index contributed by atoms with van der Waals surface area (Å²) in [6.45, 7) is 0.370. The highest BCUT2D eigenvalue weighted by molar-refractivity contribution is 6.17. The van der Waals surface area contributed by atoms with Crippen LogP contribution >= 0.6 is 11.6 Å². The van der Waals surface area contributed by atoms with E-state index in [0.29, 0.717) is 6.61 Å². The topological polar surface area (TPSA) is 20.2 Å². The Hall–Kier alpha value is 0.250. The summed E-state index contributed by atoms with van der Waals surface area (Å²) < 4.78 is 0. The van der Waals surface area contributed by atoms with Crippen molar-refractivity contribution < 1.29 is 5.11 Å². The van der Waals surface area contributed by atoms with Crippen LogP contribution < -0.4 is 0 Å². The van der Waals surface area contributed by atoms with Crippen molar-refractivity contribution in [3.63, 3.8) is 0 Å². The number of hydrogen-bond acceptors (Lipinski definition) is 1. The second kappa shape index (κ2) is 22.2. The minimum absolute atomic E-state index is 0.370. The van der Waals surface area contributed by atoms with Gasteiger partial charge < -0.3 is 5.11 Å². The van der Waals surface area contributed by atoms with Crippen molar-refractivity contribution in [3.05, 3.63) is 0 Å². The lowest BCUT2D eigenvalue weighted by Gasteiger charge is -2.03. The number of aliphatic hydroxyl groups is 1. The van der Waals surface area contributed by atoms with Gasteiger partial charge >= 0.3 is 0 Å². The number of hydrogen-bond donors (Lipinski definition) is 1. The number of unbranched alkanes of at least 4 members (excludes halogenated alkanes) is 18. The van der Waals surface area contributed by atoms with E-state index < -0.39 is 0 Å². The van der Waals surface area contributed by atoms with E-state index in [9.17, 15) is 0 Å². The third-order valence-electron chi connectivity index (χ3n) is 4.79. The molecule has 0 heterocycles. The van der Waals surface area contributed by atoms with Crippen LogP contribution in [0.2, 0.25) is 0 Å². The molecule has 0 aliphatic heterocycles. The fourth-order valence-corrected chi connectivity index (χ4v) is 3.40. The van der Waals surface area contributed by atoms with Crippen molar-refractivity contribution in [2.24, 2.45) is 0 Å². The third-order valence-corrected chi connectivity index (χ3v) is 5.06. The molecule has 0 saturated heterocycles. The molecular weight excluding hydrogens is 304 g/mol. The first kappa shape index (κ1) is 23.2. The fourth-order valence-electron chi connectivity index (χ4n) is 3.21. The van der Waals surface area contributed by atoms with Crippen molar-refractivity contribution >= 4 is 11.6 Å². The molecule has 0 aromatic heterocycles. The highest BCUT2D eigenvalue weighted by atomic mass is 35.5. The van der Waals surface area contributed by atoms with Crippen molar-refractivity contribution in [2.45, 2.75) is 122 Å². The summed E-state index contributed by atoms with van der Waals surface area (Å²) in [5, 5.41) is 8.71. The van der Waals surface area contributed by atoms with E-state index in [-0.39, 0.29) is 0 Å². The fraction of sp³-hybridized carbons (Fsp3) is 1.00. The monoisotopic (exact) mass is 346 g/mol. The second-order valence-electron chi connectivity index (χ2n) is 7.13. The smallest absolute Gasteiger partial charge is 0.0431 e. The molecule has 140 valence electrons. The summed E-state index contributed by atoms with van der Waals surface area (Å²) in [6.07, 6.45) is 26.0. The van der Waals surface area contributed by atoms with Crippen LogP contribution in [0.1, 0.15) is 122 Å². The molecule has 0 aromatic carbocycles. The van der Waals surface area contributed by atoms with Crippen LogP contribution in [0.4, 0.5) is 0 Å². The van der Waals surface area contributed by atoms with Gasteiger partial charge in [-0.2, -0.15) is 0 Å². The average Bonchev–Trinajstić information content (AvgIpc) is 2.57. The molecule has 0 unspecified atom stereocenters. The van der Waals surface area contributed by atoms with E-state index in [0.717, 1.165) is 12.3 Å². The quantitative estimate of drug-likeness (QED) is 0.177. The van der Waals surface area contributed by atoms with E-state index in [2.05, 4.69) is 0 Å². The molecule has 1 nitrogen and oxygen atoms in total. The molecule has 0 bridgehead atoms. The Labute approximate surface area is 151 Å². The zero-order valence-corrected chi connectivity index (χ0v) is 16.4. The summed E-state index contributed by atoms with van der Waals surface area (Å²) in [5.74, 6) is 0.838. The van der Waals surface area contributed by atoms with Crippen LogP contribution in [-0.2, 0) is 0 Å². The lowest BCUT2D eigenvalue weighted by Crippen LogP contribution is -1.85. The highest BCUT2D eigenvalue weighted by Crippen LogP contribution is 2.14. The van der Waals surface area contributed by atoms with Crippen LogP contribution in [0.25, 0.3) is 0 Å². The molecule has 0 radical (unpaired) electrons. The highest BCUT2D eigenvalue weighted by Gasteiger charge is 1.95. The summed E-state index contributed by atoms with van der Waals surface area (Å²) in [4.78, 5) is 0. The van der Waals surface area contributed by atoms with Crippen molar-refractivity contribution in [2.75, 3.05) is 12.5 Å². The van der Waals surface area contributed by atoms with E-state index in [1.807, 2.05) is 0 Å². The van der Waals surface area contributed by atoms with Gasteiger partial charge in [0.2, 0.25) is 0 Å². The predicted molar refractivity (Wildman–Crippen MR) is 106 cm³/mol. The summed E-state index contributed by atoms with van der Waals surface area (Å²) in [5.41, 5.74) is 0. The maximum absolute atomic E-state index is 8.71. The molecule has 0 spiro atoms. The molecule has 0 saturated carbocycles. The summed E-state index contributed by atoms with van der Waals surface area (Å²) >= 11 is 5.68. The van der Waals surface area contributed by atoms with Gasteiger partial charge in [-0.1, -0.05) is 109 Å². The Kier molecular flexibility index (Phi) is 22.5. The molecule has 23 heavy (non-hydrogen) atoms. The van der Waals surface area contributed by atoms with Gasteiger partial charge in [-0.15, -0.1) is 11.6 Å². The minimum Gasteiger partial charge on any atom is -0.396 e. The van der Waals surface area contributed by atoms with Gasteiger partial charge in [-0.3, -0.25) is 0 Å². The Balaban J connectivity index is 2.92. The van der Waals surface area contributed by atoms with Gasteiger partial charge in [0.05, 0.1) is 0 Å². The van der Waals surface area contributed by atoms with Gasteiger partial charge in [0, 0.05) is 12.5 Å². The molecular formula is C21H43ClO. The lowest BCUT2D eigenvalue weighted by molar-refractivity contribution is 0.282. The van der Waals surface area contributed by atoms with Crippen molar-refractivity contribution in [3.8, 4) is 0 Å². The standard InChI is InChI=1S/C21H43ClO/c22-20-18-16-14-12-10-8-6-4-2-1-3-5-7-9-11-13-15-17-19-21-23/h23H,1-21H2. The molecule has 0 atom stereocenters. The van der Waals surface area contributed by atoms with E-state index in [1.54, 1.807) is 0 Å². The third kappa shape index (κ3) is 22.2. The number of aliphatic hydroxyl groups excluding tert-OH is 1. The number of halogens is 1. The van der Waals surface area contributed by atoms with Gasteiger partial charge in [0.15, 0.2) is 0 Å². The van der Waals surface area contributed by atoms with E-state index in [1.165, 1.54) is 116 Å². The molecule has 0 amide bonds. The van der Waals surface area contributed by atoms with Crippen LogP contribution in [0, 0.1) is 0 Å². The normalized spacial score (nSPS) is 11.2. The number of rotatable bonds is 20.